The molecule has 1 N–H and O–H groups in total. The number of nitrogens with zero attached hydrogens (tertiary/aromatic N) is 2. The molecule has 3 rings (SSSR count). The summed E-state index contributed by atoms with van der Waals surface area (Å²) in [6.07, 6.45) is 1.23. The second-order valence-corrected chi connectivity index (χ2v) is 13.0. The Morgan fingerprint density at radius 3 is 2.12 bits per heavy atom. The Balaban J connectivity index is 2.08. The van der Waals surface area contributed by atoms with Gasteiger partial charge in [-0.25, -0.2) is 8.42 Å². The average Bonchev–Trinajstić information content (AvgIpc) is 2.88. The van der Waals surface area contributed by atoms with Crippen molar-refractivity contribution in [2.24, 2.45) is 0 Å². The molecule has 0 aliphatic carbocycles. The van der Waals surface area contributed by atoms with E-state index >= 15 is 0 Å². The Hall–Kier alpha value is -2.78. The van der Waals surface area contributed by atoms with E-state index in [4.69, 9.17) is 34.8 Å². The number of anilines is 1. The van der Waals surface area contributed by atoms with Crippen LogP contribution in [-0.4, -0.2) is 50.0 Å². The Bertz CT molecular complexity index is 1470. The van der Waals surface area contributed by atoms with E-state index in [0.717, 1.165) is 21.7 Å². The zero-order chi connectivity index (χ0) is 29.6. The van der Waals surface area contributed by atoms with Crippen LogP contribution in [0.15, 0.2) is 66.7 Å². The minimum atomic E-state index is -3.90. The summed E-state index contributed by atoms with van der Waals surface area (Å²) >= 11 is 18.6. The van der Waals surface area contributed by atoms with Crippen molar-refractivity contribution in [1.29, 1.82) is 0 Å². The fraction of sp³-hybridized carbons (Fsp3) is 0.310. The number of hydrogen-bond acceptors (Lipinski definition) is 4. The lowest BCUT2D eigenvalue weighted by atomic mass is 10.0. The molecule has 0 aliphatic heterocycles. The van der Waals surface area contributed by atoms with E-state index in [1.807, 2.05) is 44.2 Å². The highest BCUT2D eigenvalue weighted by Crippen LogP contribution is 2.27. The van der Waals surface area contributed by atoms with Gasteiger partial charge in [0.25, 0.3) is 0 Å². The van der Waals surface area contributed by atoms with E-state index in [1.165, 1.54) is 11.0 Å². The summed E-state index contributed by atoms with van der Waals surface area (Å²) in [7, 11) is -3.90. The van der Waals surface area contributed by atoms with E-state index < -0.39 is 28.5 Å². The molecular weight excluding hydrogens is 593 g/mol. The minimum absolute atomic E-state index is 0.00893. The van der Waals surface area contributed by atoms with E-state index in [1.54, 1.807) is 37.3 Å². The van der Waals surface area contributed by atoms with Crippen LogP contribution in [0.3, 0.4) is 0 Å². The number of aryl methyl sites for hydroxylation is 1. The number of sulfonamides is 1. The Morgan fingerprint density at radius 2 is 1.55 bits per heavy atom. The van der Waals surface area contributed by atoms with Crippen molar-refractivity contribution in [2.75, 3.05) is 17.1 Å². The number of carbonyl (C=O) groups is 2. The van der Waals surface area contributed by atoms with Gasteiger partial charge in [-0.15, -0.1) is 0 Å². The van der Waals surface area contributed by atoms with Crippen LogP contribution in [0.4, 0.5) is 5.69 Å². The van der Waals surface area contributed by atoms with Crippen molar-refractivity contribution in [2.45, 2.75) is 45.8 Å². The van der Waals surface area contributed by atoms with Gasteiger partial charge in [0, 0.05) is 24.0 Å². The van der Waals surface area contributed by atoms with Crippen LogP contribution in [0.25, 0.3) is 0 Å². The molecule has 2 amide bonds. The molecule has 11 heteroatoms. The average molecular weight is 625 g/mol. The molecule has 1 atom stereocenters. The lowest BCUT2D eigenvalue weighted by Crippen LogP contribution is -2.54. The monoisotopic (exact) mass is 623 g/mol. The molecule has 0 radical (unpaired) electrons. The Labute approximate surface area is 251 Å². The summed E-state index contributed by atoms with van der Waals surface area (Å²) in [5.41, 5.74) is 2.47. The summed E-state index contributed by atoms with van der Waals surface area (Å²) < 4.78 is 26.7. The summed E-state index contributed by atoms with van der Waals surface area (Å²) in [6.45, 7) is 4.90. The van der Waals surface area contributed by atoms with Crippen molar-refractivity contribution < 1.29 is 18.0 Å². The standard InChI is InChI=1S/C29H32Cl3N3O4S/c1-19(2)33-29(37)27(15-21-8-6-5-7-9-21)34(17-22-11-13-24(30)26(32)14-22)28(36)18-35(40(4,38)39)23-12-10-20(3)25(31)16-23/h5-14,16,19,27H,15,17-18H2,1-4H3,(H,33,37)/t27-/m1/s1. The first-order valence-electron chi connectivity index (χ1n) is 12.6. The van der Waals surface area contributed by atoms with Crippen LogP contribution in [0, 0.1) is 6.92 Å². The number of benzene rings is 3. The van der Waals surface area contributed by atoms with E-state index in [-0.39, 0.29) is 30.6 Å². The Morgan fingerprint density at radius 1 is 0.875 bits per heavy atom. The summed E-state index contributed by atoms with van der Waals surface area (Å²) in [4.78, 5) is 29.0. The van der Waals surface area contributed by atoms with Gasteiger partial charge in [-0.2, -0.15) is 0 Å². The van der Waals surface area contributed by atoms with Crippen molar-refractivity contribution in [3.05, 3.63) is 98.5 Å². The normalized spacial score (nSPS) is 12.2. The lowest BCUT2D eigenvalue weighted by molar-refractivity contribution is -0.140. The SMILES string of the molecule is Cc1ccc(N(CC(=O)N(Cc2ccc(Cl)c(Cl)c2)[C@H](Cc2ccccc2)C(=O)NC(C)C)S(C)(=O)=O)cc1Cl. The summed E-state index contributed by atoms with van der Waals surface area (Å²) in [6, 6.07) is 17.9. The maximum Gasteiger partial charge on any atom is 0.244 e. The number of amides is 2. The van der Waals surface area contributed by atoms with Crippen LogP contribution < -0.4 is 9.62 Å². The molecule has 7 nitrogen and oxygen atoms in total. The van der Waals surface area contributed by atoms with Gasteiger partial charge in [-0.1, -0.05) is 77.3 Å². The molecule has 0 bridgehead atoms. The molecule has 0 spiro atoms. The highest BCUT2D eigenvalue weighted by molar-refractivity contribution is 7.92. The number of carbonyl (C=O) groups excluding carboxylic acids is 2. The number of hydrogen-bond donors (Lipinski definition) is 1. The first-order chi connectivity index (χ1) is 18.8. The molecule has 3 aromatic rings. The maximum absolute atomic E-state index is 14.1. The van der Waals surface area contributed by atoms with Gasteiger partial charge < -0.3 is 10.2 Å². The molecule has 0 fully saturated rings. The quantitative estimate of drug-likeness (QED) is 0.289. The van der Waals surface area contributed by atoms with Crippen molar-refractivity contribution in [3.63, 3.8) is 0 Å². The number of halogens is 3. The van der Waals surface area contributed by atoms with Crippen LogP contribution in [-0.2, 0) is 32.6 Å². The molecule has 0 aromatic heterocycles. The highest BCUT2D eigenvalue weighted by Gasteiger charge is 2.33. The van der Waals surface area contributed by atoms with E-state index in [0.29, 0.717) is 20.6 Å². The van der Waals surface area contributed by atoms with E-state index in [2.05, 4.69) is 5.32 Å². The van der Waals surface area contributed by atoms with Crippen LogP contribution in [0.5, 0.6) is 0 Å². The second kappa shape index (κ2) is 13.7. The third-order valence-electron chi connectivity index (χ3n) is 6.16. The van der Waals surface area contributed by atoms with Crippen molar-refractivity contribution in [3.8, 4) is 0 Å². The molecule has 0 aliphatic rings. The van der Waals surface area contributed by atoms with Gasteiger partial charge in [-0.05, 0) is 61.7 Å². The molecule has 40 heavy (non-hydrogen) atoms. The lowest BCUT2D eigenvalue weighted by Gasteiger charge is -2.34. The van der Waals surface area contributed by atoms with Gasteiger partial charge in [0.15, 0.2) is 0 Å². The van der Waals surface area contributed by atoms with Gasteiger partial charge in [0.1, 0.15) is 12.6 Å². The van der Waals surface area contributed by atoms with E-state index in [9.17, 15) is 18.0 Å². The number of nitrogens with one attached hydrogen (secondary N) is 1. The van der Waals surface area contributed by atoms with Crippen LogP contribution in [0.1, 0.15) is 30.5 Å². The van der Waals surface area contributed by atoms with Crippen LogP contribution >= 0.6 is 34.8 Å². The Kier molecular flexibility index (Phi) is 10.9. The predicted molar refractivity (Wildman–Crippen MR) is 163 cm³/mol. The van der Waals surface area contributed by atoms with Crippen molar-refractivity contribution in [1.82, 2.24) is 10.2 Å². The van der Waals surface area contributed by atoms with Gasteiger partial charge in [0.05, 0.1) is 22.0 Å². The predicted octanol–water partition coefficient (Wildman–Crippen LogP) is 5.89. The molecular formula is C29H32Cl3N3O4S. The zero-order valence-corrected chi connectivity index (χ0v) is 25.8. The maximum atomic E-state index is 14.1. The molecule has 0 unspecified atom stereocenters. The number of rotatable bonds is 11. The smallest absolute Gasteiger partial charge is 0.244 e. The molecule has 0 heterocycles. The van der Waals surface area contributed by atoms with Crippen molar-refractivity contribution >= 4 is 62.3 Å². The van der Waals surface area contributed by atoms with Gasteiger partial charge in [-0.3, -0.25) is 13.9 Å². The third kappa shape index (κ3) is 8.61. The van der Waals surface area contributed by atoms with Gasteiger partial charge >= 0.3 is 0 Å². The minimum Gasteiger partial charge on any atom is -0.352 e. The third-order valence-corrected chi connectivity index (χ3v) is 8.45. The van der Waals surface area contributed by atoms with Crippen LogP contribution in [0.2, 0.25) is 15.1 Å². The molecule has 0 saturated heterocycles. The highest BCUT2D eigenvalue weighted by atomic mass is 35.5. The first-order valence-corrected chi connectivity index (χ1v) is 15.6. The molecule has 0 saturated carbocycles. The molecule has 214 valence electrons. The largest absolute Gasteiger partial charge is 0.352 e. The fourth-order valence-electron chi connectivity index (χ4n) is 4.12. The fourth-order valence-corrected chi connectivity index (χ4v) is 5.46. The summed E-state index contributed by atoms with van der Waals surface area (Å²) in [5.74, 6) is -0.940. The van der Waals surface area contributed by atoms with Gasteiger partial charge in [0.2, 0.25) is 21.8 Å². The topological polar surface area (TPSA) is 86.8 Å². The molecule has 3 aromatic carbocycles. The summed E-state index contributed by atoms with van der Waals surface area (Å²) in [5, 5.41) is 3.91. The second-order valence-electron chi connectivity index (χ2n) is 9.84. The zero-order valence-electron chi connectivity index (χ0n) is 22.7. The first kappa shape index (κ1) is 31.7.